The van der Waals surface area contributed by atoms with Crippen LogP contribution in [0.4, 0.5) is 0 Å². The Kier molecular flexibility index (Phi) is 2.76. The molecule has 0 radical (unpaired) electrons. The molecule has 16 heavy (non-hydrogen) atoms. The minimum absolute atomic E-state index is 0.715. The molecule has 0 unspecified atom stereocenters. The molecule has 2 aromatic rings. The Morgan fingerprint density at radius 1 is 1.19 bits per heavy atom. The van der Waals surface area contributed by atoms with Crippen LogP contribution in [-0.4, -0.2) is 11.1 Å². The molecule has 1 heterocycles. The highest BCUT2D eigenvalue weighted by molar-refractivity contribution is 5.88. The van der Waals surface area contributed by atoms with Crippen molar-refractivity contribution in [2.24, 2.45) is 12.8 Å². The fraction of sp³-hybridized carbons (Fsp3) is 0.429. The molecule has 2 heteroatoms. The molecule has 1 aromatic carbocycles. The molecule has 0 aliphatic rings. The first-order chi connectivity index (χ1) is 7.56. The predicted octanol–water partition coefficient (Wildman–Crippen LogP) is 2.60. The van der Waals surface area contributed by atoms with E-state index < -0.39 is 0 Å². The predicted molar refractivity (Wildman–Crippen MR) is 69.9 cm³/mol. The summed E-state index contributed by atoms with van der Waals surface area (Å²) in [5, 5.41) is 1.38. The number of aryl methyl sites for hydroxylation is 3. The van der Waals surface area contributed by atoms with Gasteiger partial charge < -0.3 is 10.3 Å². The number of fused-ring (bicyclic) bond motifs is 1. The van der Waals surface area contributed by atoms with Crippen LogP contribution >= 0.6 is 0 Å². The summed E-state index contributed by atoms with van der Waals surface area (Å²) in [4.78, 5) is 0. The van der Waals surface area contributed by atoms with Gasteiger partial charge in [-0.25, -0.2) is 0 Å². The highest BCUT2D eigenvalue weighted by Gasteiger charge is 2.13. The van der Waals surface area contributed by atoms with E-state index in [2.05, 4.69) is 44.5 Å². The van der Waals surface area contributed by atoms with Gasteiger partial charge in [0.1, 0.15) is 0 Å². The molecule has 0 saturated heterocycles. The monoisotopic (exact) mass is 216 g/mol. The first-order valence-corrected chi connectivity index (χ1v) is 5.81. The third-order valence-corrected chi connectivity index (χ3v) is 3.44. The highest BCUT2D eigenvalue weighted by Crippen LogP contribution is 2.28. The maximum absolute atomic E-state index is 5.70. The lowest BCUT2D eigenvalue weighted by molar-refractivity contribution is 0.880. The quantitative estimate of drug-likeness (QED) is 0.822. The van der Waals surface area contributed by atoms with Gasteiger partial charge in [-0.3, -0.25) is 0 Å². The van der Waals surface area contributed by atoms with E-state index in [9.17, 15) is 0 Å². The molecular formula is C14H20N2. The van der Waals surface area contributed by atoms with Gasteiger partial charge in [0.25, 0.3) is 0 Å². The standard InChI is InChI=1S/C14H20N2/c1-9-7-10(2)14-13(8-9)12(5-6-15)11(3)16(14)4/h7-8H,5-6,15H2,1-4H3. The summed E-state index contributed by atoms with van der Waals surface area (Å²) in [6.07, 6.45) is 0.964. The third kappa shape index (κ3) is 1.54. The Labute approximate surface area is 97.1 Å². The number of nitrogens with zero attached hydrogens (tertiary/aromatic N) is 1. The van der Waals surface area contributed by atoms with Gasteiger partial charge in [-0.1, -0.05) is 11.6 Å². The number of hydrogen-bond donors (Lipinski definition) is 1. The van der Waals surface area contributed by atoms with Gasteiger partial charge in [-0.05, 0) is 50.9 Å². The number of rotatable bonds is 2. The van der Waals surface area contributed by atoms with Crippen molar-refractivity contribution in [3.63, 3.8) is 0 Å². The van der Waals surface area contributed by atoms with Gasteiger partial charge in [0, 0.05) is 18.1 Å². The molecular weight excluding hydrogens is 196 g/mol. The molecule has 1 aromatic heterocycles. The van der Waals surface area contributed by atoms with Gasteiger partial charge in [0.2, 0.25) is 0 Å². The summed E-state index contributed by atoms with van der Waals surface area (Å²) in [5.41, 5.74) is 12.5. The summed E-state index contributed by atoms with van der Waals surface area (Å²) in [6.45, 7) is 7.23. The molecule has 2 rings (SSSR count). The maximum Gasteiger partial charge on any atom is 0.0512 e. The zero-order valence-corrected chi connectivity index (χ0v) is 10.6. The molecule has 0 fully saturated rings. The van der Waals surface area contributed by atoms with Crippen molar-refractivity contribution in [3.05, 3.63) is 34.5 Å². The summed E-state index contributed by atoms with van der Waals surface area (Å²) in [5.74, 6) is 0. The first kappa shape index (κ1) is 11.2. The van der Waals surface area contributed by atoms with Crippen LogP contribution in [0.25, 0.3) is 10.9 Å². The van der Waals surface area contributed by atoms with E-state index in [-0.39, 0.29) is 0 Å². The maximum atomic E-state index is 5.70. The Hall–Kier alpha value is -1.28. The lowest BCUT2D eigenvalue weighted by Crippen LogP contribution is -2.04. The number of nitrogens with two attached hydrogens (primary N) is 1. The molecule has 0 aliphatic heterocycles. The Morgan fingerprint density at radius 2 is 1.88 bits per heavy atom. The zero-order valence-electron chi connectivity index (χ0n) is 10.6. The molecule has 2 N–H and O–H groups in total. The second-order valence-electron chi connectivity index (χ2n) is 4.64. The Morgan fingerprint density at radius 3 is 2.50 bits per heavy atom. The Bertz CT molecular complexity index is 535. The highest BCUT2D eigenvalue weighted by atomic mass is 14.9. The van der Waals surface area contributed by atoms with Crippen LogP contribution in [0.5, 0.6) is 0 Å². The fourth-order valence-corrected chi connectivity index (χ4v) is 2.66. The van der Waals surface area contributed by atoms with Crippen LogP contribution in [-0.2, 0) is 13.5 Å². The van der Waals surface area contributed by atoms with E-state index in [1.807, 2.05) is 0 Å². The molecule has 0 spiro atoms. The van der Waals surface area contributed by atoms with Crippen LogP contribution in [0.3, 0.4) is 0 Å². The molecule has 0 bridgehead atoms. The average molecular weight is 216 g/mol. The van der Waals surface area contributed by atoms with Crippen molar-refractivity contribution in [1.29, 1.82) is 0 Å². The van der Waals surface area contributed by atoms with Crippen molar-refractivity contribution >= 4 is 10.9 Å². The summed E-state index contributed by atoms with van der Waals surface area (Å²) in [7, 11) is 2.14. The minimum Gasteiger partial charge on any atom is -0.347 e. The van der Waals surface area contributed by atoms with Crippen molar-refractivity contribution in [1.82, 2.24) is 4.57 Å². The number of hydrogen-bond acceptors (Lipinski definition) is 1. The van der Waals surface area contributed by atoms with Gasteiger partial charge in [0.15, 0.2) is 0 Å². The van der Waals surface area contributed by atoms with Crippen LogP contribution in [0.15, 0.2) is 12.1 Å². The van der Waals surface area contributed by atoms with E-state index in [4.69, 9.17) is 5.73 Å². The summed E-state index contributed by atoms with van der Waals surface area (Å²) < 4.78 is 2.29. The van der Waals surface area contributed by atoms with Crippen LogP contribution in [0, 0.1) is 20.8 Å². The lowest BCUT2D eigenvalue weighted by Gasteiger charge is -2.03. The molecule has 0 saturated carbocycles. The van der Waals surface area contributed by atoms with Gasteiger partial charge >= 0.3 is 0 Å². The second-order valence-corrected chi connectivity index (χ2v) is 4.64. The molecule has 2 nitrogen and oxygen atoms in total. The SMILES string of the molecule is Cc1cc(C)c2c(c1)c(CCN)c(C)n2C. The third-order valence-electron chi connectivity index (χ3n) is 3.44. The second kappa shape index (κ2) is 3.95. The van der Waals surface area contributed by atoms with Crippen molar-refractivity contribution in [2.45, 2.75) is 27.2 Å². The van der Waals surface area contributed by atoms with Crippen LogP contribution in [0.2, 0.25) is 0 Å². The number of aromatic nitrogens is 1. The summed E-state index contributed by atoms with van der Waals surface area (Å²) in [6, 6.07) is 4.52. The van der Waals surface area contributed by atoms with Gasteiger partial charge in [-0.2, -0.15) is 0 Å². The van der Waals surface area contributed by atoms with Gasteiger partial charge in [-0.15, -0.1) is 0 Å². The Balaban J connectivity index is 2.85. The van der Waals surface area contributed by atoms with E-state index in [1.54, 1.807) is 0 Å². The van der Waals surface area contributed by atoms with Gasteiger partial charge in [0.05, 0.1) is 5.52 Å². The fourth-order valence-electron chi connectivity index (χ4n) is 2.66. The summed E-state index contributed by atoms with van der Waals surface area (Å²) >= 11 is 0. The van der Waals surface area contributed by atoms with E-state index in [1.165, 1.54) is 33.3 Å². The van der Waals surface area contributed by atoms with E-state index >= 15 is 0 Å². The largest absolute Gasteiger partial charge is 0.347 e. The first-order valence-electron chi connectivity index (χ1n) is 5.81. The van der Waals surface area contributed by atoms with Crippen LogP contribution < -0.4 is 5.73 Å². The molecule has 0 aliphatic carbocycles. The minimum atomic E-state index is 0.715. The molecule has 86 valence electrons. The smallest absolute Gasteiger partial charge is 0.0512 e. The molecule has 0 amide bonds. The van der Waals surface area contributed by atoms with Crippen LogP contribution in [0.1, 0.15) is 22.4 Å². The number of benzene rings is 1. The van der Waals surface area contributed by atoms with Crippen molar-refractivity contribution in [2.75, 3.05) is 6.54 Å². The molecule has 0 atom stereocenters. The zero-order chi connectivity index (χ0) is 11.9. The lowest BCUT2D eigenvalue weighted by atomic mass is 10.0. The van der Waals surface area contributed by atoms with E-state index in [0.29, 0.717) is 6.54 Å². The normalized spacial score (nSPS) is 11.3. The van der Waals surface area contributed by atoms with Crippen molar-refractivity contribution in [3.8, 4) is 0 Å². The van der Waals surface area contributed by atoms with E-state index in [0.717, 1.165) is 6.42 Å². The average Bonchev–Trinajstić information content (AvgIpc) is 2.44. The van der Waals surface area contributed by atoms with Crippen molar-refractivity contribution < 1.29 is 0 Å². The topological polar surface area (TPSA) is 30.9 Å².